The molecule has 94 valence electrons. The lowest BCUT2D eigenvalue weighted by Crippen LogP contribution is -2.49. The predicted molar refractivity (Wildman–Crippen MR) is 49.9 cm³/mol. The van der Waals surface area contributed by atoms with Crippen molar-refractivity contribution >= 4 is 12.2 Å². The van der Waals surface area contributed by atoms with Crippen molar-refractivity contribution in [2.24, 2.45) is 0 Å². The Morgan fingerprint density at radius 2 is 1.94 bits per heavy atom. The zero-order valence-electron chi connectivity index (χ0n) is 8.61. The number of carbonyl (C=O) groups excluding carboxylic acids is 2. The fourth-order valence-corrected chi connectivity index (χ4v) is 0.859. The smallest absolute Gasteiger partial charge is 0.240 e. The summed E-state index contributed by atoms with van der Waals surface area (Å²) >= 11 is 0. The van der Waals surface area contributed by atoms with Gasteiger partial charge in [0.25, 0.3) is 0 Å². The van der Waals surface area contributed by atoms with Crippen molar-refractivity contribution in [1.29, 1.82) is 0 Å². The highest BCUT2D eigenvalue weighted by Gasteiger charge is 2.32. The van der Waals surface area contributed by atoms with Gasteiger partial charge in [0.05, 0.1) is 6.61 Å². The maximum atomic E-state index is 10.5. The van der Waals surface area contributed by atoms with Crippen LogP contribution in [-0.4, -0.2) is 63.6 Å². The summed E-state index contributed by atoms with van der Waals surface area (Å²) in [4.78, 5) is 25.4. The monoisotopic (exact) mass is 237 g/mol. The van der Waals surface area contributed by atoms with E-state index in [4.69, 9.17) is 10.2 Å². The van der Waals surface area contributed by atoms with Gasteiger partial charge in [-0.2, -0.15) is 0 Å². The highest BCUT2D eigenvalue weighted by Crippen LogP contribution is 2.05. The zero-order valence-corrected chi connectivity index (χ0v) is 8.61. The molecular formula is C8H15NO7. The lowest BCUT2D eigenvalue weighted by atomic mass is 10.0. The Kier molecular flexibility index (Phi) is 6.77. The fraction of sp³-hybridized carbons (Fsp3) is 0.750. The third kappa shape index (κ3) is 4.64. The van der Waals surface area contributed by atoms with Crippen LogP contribution in [-0.2, 0) is 14.4 Å². The number of rotatable bonds is 7. The van der Waals surface area contributed by atoms with E-state index in [1.807, 2.05) is 0 Å². The lowest BCUT2D eigenvalue weighted by Gasteiger charge is -2.25. The Bertz CT molecular complexity index is 234. The van der Waals surface area contributed by atoms with Crippen LogP contribution >= 0.6 is 0 Å². The molecule has 8 heteroatoms. The summed E-state index contributed by atoms with van der Waals surface area (Å²) in [5, 5.41) is 36.1. The number of nitrogens with one attached hydrogen (secondary N) is 1. The molecule has 0 saturated carbocycles. The van der Waals surface area contributed by atoms with E-state index in [1.54, 1.807) is 5.48 Å². The SMILES string of the molecule is CC(=O)NO[C@@H](C=O)[C@H](O)[C@@H](O)[C@H](O)CO. The fourth-order valence-electron chi connectivity index (χ4n) is 0.859. The Morgan fingerprint density at radius 1 is 1.38 bits per heavy atom. The van der Waals surface area contributed by atoms with Crippen LogP contribution in [0.25, 0.3) is 0 Å². The minimum Gasteiger partial charge on any atom is -0.394 e. The first-order chi connectivity index (χ1) is 7.43. The second-order valence-electron chi connectivity index (χ2n) is 3.11. The van der Waals surface area contributed by atoms with Crippen molar-refractivity contribution < 1.29 is 34.9 Å². The first kappa shape index (κ1) is 14.9. The van der Waals surface area contributed by atoms with Crippen LogP contribution in [0.2, 0.25) is 0 Å². The van der Waals surface area contributed by atoms with E-state index in [0.717, 1.165) is 6.92 Å². The maximum absolute atomic E-state index is 10.5. The molecule has 0 aliphatic carbocycles. The van der Waals surface area contributed by atoms with Crippen LogP contribution in [0.3, 0.4) is 0 Å². The topological polar surface area (TPSA) is 136 Å². The number of hydroxylamine groups is 1. The number of hydrogen-bond donors (Lipinski definition) is 5. The average molecular weight is 237 g/mol. The van der Waals surface area contributed by atoms with Crippen LogP contribution in [0.15, 0.2) is 0 Å². The molecule has 0 radical (unpaired) electrons. The van der Waals surface area contributed by atoms with E-state index in [9.17, 15) is 19.8 Å². The minimum atomic E-state index is -1.77. The van der Waals surface area contributed by atoms with Gasteiger partial charge >= 0.3 is 0 Å². The van der Waals surface area contributed by atoms with Gasteiger partial charge in [-0.1, -0.05) is 0 Å². The third-order valence-electron chi connectivity index (χ3n) is 1.74. The molecule has 0 unspecified atom stereocenters. The predicted octanol–water partition coefficient (Wildman–Crippen LogP) is -3.30. The Labute approximate surface area is 91.4 Å². The van der Waals surface area contributed by atoms with Gasteiger partial charge in [-0.05, 0) is 0 Å². The van der Waals surface area contributed by atoms with Crippen LogP contribution < -0.4 is 5.48 Å². The van der Waals surface area contributed by atoms with E-state index in [1.165, 1.54) is 0 Å². The van der Waals surface area contributed by atoms with Gasteiger partial charge in [-0.3, -0.25) is 9.63 Å². The molecule has 0 rings (SSSR count). The number of aliphatic hydroxyl groups is 4. The molecule has 0 spiro atoms. The quantitative estimate of drug-likeness (QED) is 0.231. The van der Waals surface area contributed by atoms with Crippen molar-refractivity contribution in [3.05, 3.63) is 0 Å². The van der Waals surface area contributed by atoms with Crippen LogP contribution in [0, 0.1) is 0 Å². The highest BCUT2D eigenvalue weighted by molar-refractivity contribution is 5.71. The van der Waals surface area contributed by atoms with Crippen molar-refractivity contribution in [2.75, 3.05) is 6.61 Å². The summed E-state index contributed by atoms with van der Waals surface area (Å²) < 4.78 is 0. The zero-order chi connectivity index (χ0) is 12.7. The van der Waals surface area contributed by atoms with Gasteiger partial charge in [-0.25, -0.2) is 5.48 Å². The van der Waals surface area contributed by atoms with Crippen molar-refractivity contribution in [3.63, 3.8) is 0 Å². The number of amides is 1. The van der Waals surface area contributed by atoms with Gasteiger partial charge in [-0.15, -0.1) is 0 Å². The molecule has 1 amide bonds. The van der Waals surface area contributed by atoms with E-state index in [0.29, 0.717) is 0 Å². The van der Waals surface area contributed by atoms with Gasteiger partial charge in [0, 0.05) is 6.92 Å². The number of carbonyl (C=O) groups is 2. The molecule has 0 heterocycles. The number of aldehydes is 1. The molecule has 5 N–H and O–H groups in total. The summed E-state index contributed by atoms with van der Waals surface area (Å²) in [5.74, 6) is -0.601. The molecule has 0 aliphatic heterocycles. The molecule has 0 aromatic carbocycles. The molecule has 16 heavy (non-hydrogen) atoms. The van der Waals surface area contributed by atoms with Crippen molar-refractivity contribution in [1.82, 2.24) is 5.48 Å². The molecule has 0 saturated heterocycles. The van der Waals surface area contributed by atoms with Gasteiger partial charge in [0.2, 0.25) is 5.91 Å². The first-order valence-corrected chi connectivity index (χ1v) is 4.46. The molecule has 0 bridgehead atoms. The second kappa shape index (κ2) is 7.25. The minimum absolute atomic E-state index is 0.147. The first-order valence-electron chi connectivity index (χ1n) is 4.46. The molecule has 8 nitrogen and oxygen atoms in total. The van der Waals surface area contributed by atoms with E-state index < -0.39 is 36.9 Å². The summed E-state index contributed by atoms with van der Waals surface area (Å²) in [6, 6.07) is 0. The summed E-state index contributed by atoms with van der Waals surface area (Å²) in [6.07, 6.45) is -6.55. The molecule has 0 aromatic heterocycles. The van der Waals surface area contributed by atoms with Crippen LogP contribution in [0.5, 0.6) is 0 Å². The highest BCUT2D eigenvalue weighted by atomic mass is 16.7. The van der Waals surface area contributed by atoms with Crippen molar-refractivity contribution in [3.8, 4) is 0 Å². The van der Waals surface area contributed by atoms with Gasteiger partial charge < -0.3 is 25.2 Å². The third-order valence-corrected chi connectivity index (χ3v) is 1.74. The molecule has 0 fully saturated rings. The molecule has 0 aliphatic rings. The van der Waals surface area contributed by atoms with Crippen LogP contribution in [0.4, 0.5) is 0 Å². The maximum Gasteiger partial charge on any atom is 0.240 e. The van der Waals surface area contributed by atoms with E-state index in [-0.39, 0.29) is 6.29 Å². The molecular weight excluding hydrogens is 222 g/mol. The summed E-state index contributed by atoms with van der Waals surface area (Å²) in [6.45, 7) is 0.331. The summed E-state index contributed by atoms with van der Waals surface area (Å²) in [7, 11) is 0. The standard InChI is InChI=1S/C8H15NO7/c1-4(12)9-16-6(3-11)8(15)7(14)5(13)2-10/h3,5-8,10,13-15H,2H2,1H3,(H,9,12)/t5-,6+,7+,8+/m1/s1. The van der Waals surface area contributed by atoms with E-state index in [2.05, 4.69) is 4.84 Å². The average Bonchev–Trinajstić information content (AvgIpc) is 2.27. The lowest BCUT2D eigenvalue weighted by molar-refractivity contribution is -0.165. The summed E-state index contributed by atoms with van der Waals surface area (Å²) in [5.41, 5.74) is 1.80. The van der Waals surface area contributed by atoms with E-state index >= 15 is 0 Å². The largest absolute Gasteiger partial charge is 0.394 e. The molecule has 0 aromatic rings. The normalized spacial score (nSPS) is 18.3. The van der Waals surface area contributed by atoms with Gasteiger partial charge in [0.15, 0.2) is 12.4 Å². The second-order valence-corrected chi connectivity index (χ2v) is 3.11. The Balaban J connectivity index is 4.33. The van der Waals surface area contributed by atoms with Crippen molar-refractivity contribution in [2.45, 2.75) is 31.3 Å². The number of aliphatic hydroxyl groups excluding tert-OH is 4. The number of hydrogen-bond acceptors (Lipinski definition) is 7. The Hall–Kier alpha value is -1.06. The molecule has 4 atom stereocenters. The van der Waals surface area contributed by atoms with Gasteiger partial charge in [0.1, 0.15) is 18.3 Å². The van der Waals surface area contributed by atoms with Crippen LogP contribution in [0.1, 0.15) is 6.92 Å². The Morgan fingerprint density at radius 3 is 2.31 bits per heavy atom.